The van der Waals surface area contributed by atoms with Crippen LogP contribution in [0.1, 0.15) is 13.8 Å². The molecule has 6 nitrogen and oxygen atoms in total. The van der Waals surface area contributed by atoms with Crippen molar-refractivity contribution in [3.05, 3.63) is 30.1 Å². The topological polar surface area (TPSA) is 75.7 Å². The molecule has 1 heterocycles. The van der Waals surface area contributed by atoms with E-state index in [2.05, 4.69) is 5.32 Å². The molecule has 1 aromatic rings. The van der Waals surface area contributed by atoms with Gasteiger partial charge in [0.05, 0.1) is 23.7 Å². The Balaban J connectivity index is 1.75. The van der Waals surface area contributed by atoms with Crippen LogP contribution in [0.15, 0.2) is 29.2 Å². The molecule has 1 amide bonds. The molecule has 0 saturated carbocycles. The Labute approximate surface area is 152 Å². The largest absolute Gasteiger partial charge is 0.373 e. The lowest BCUT2D eigenvalue weighted by Crippen LogP contribution is -2.49. The summed E-state index contributed by atoms with van der Waals surface area (Å²) in [6.07, 6.45) is -0.296. The van der Waals surface area contributed by atoms with Gasteiger partial charge in [0.15, 0.2) is 0 Å². The van der Waals surface area contributed by atoms with Gasteiger partial charge in [-0.3, -0.25) is 4.79 Å². The smallest absolute Gasteiger partial charge is 0.230 e. The number of carbonyl (C=O) groups excluding carboxylic acids is 1. The zero-order valence-electron chi connectivity index (χ0n) is 14.3. The minimum Gasteiger partial charge on any atom is -0.373 e. The van der Waals surface area contributed by atoms with E-state index in [0.29, 0.717) is 18.0 Å². The predicted molar refractivity (Wildman–Crippen MR) is 95.5 cm³/mol. The Morgan fingerprint density at radius 1 is 1.32 bits per heavy atom. The van der Waals surface area contributed by atoms with Crippen molar-refractivity contribution in [2.75, 3.05) is 31.1 Å². The molecule has 2 rings (SSSR count). The number of ether oxygens (including phenoxy) is 1. The second kappa shape index (κ2) is 8.98. The highest BCUT2D eigenvalue weighted by Crippen LogP contribution is 2.20. The van der Waals surface area contributed by atoms with Crippen LogP contribution in [0.3, 0.4) is 0 Å². The summed E-state index contributed by atoms with van der Waals surface area (Å²) in [5, 5.41) is 2.57. The predicted octanol–water partition coefficient (Wildman–Crippen LogP) is 1.47. The second-order valence-corrected chi connectivity index (χ2v) is 9.07. The van der Waals surface area contributed by atoms with Crippen LogP contribution in [-0.2, 0) is 19.6 Å². The van der Waals surface area contributed by atoms with Gasteiger partial charge in [0.25, 0.3) is 0 Å². The van der Waals surface area contributed by atoms with Gasteiger partial charge in [0.2, 0.25) is 15.9 Å². The number of benzene rings is 1. The summed E-state index contributed by atoms with van der Waals surface area (Å²) in [7, 11) is -3.45. The van der Waals surface area contributed by atoms with Crippen LogP contribution in [0.2, 0.25) is 0 Å². The molecule has 0 spiro atoms. The Bertz CT molecular complexity index is 689. The van der Waals surface area contributed by atoms with Crippen LogP contribution in [0.25, 0.3) is 0 Å². The van der Waals surface area contributed by atoms with Gasteiger partial charge in [-0.25, -0.2) is 12.8 Å². The van der Waals surface area contributed by atoms with Crippen molar-refractivity contribution in [1.82, 2.24) is 9.62 Å². The first-order valence-electron chi connectivity index (χ1n) is 8.05. The molecule has 1 aliphatic heterocycles. The number of nitrogens with zero attached hydrogens (tertiary/aromatic N) is 1. The number of carbonyl (C=O) groups is 1. The van der Waals surface area contributed by atoms with Crippen LogP contribution in [0, 0.1) is 5.82 Å². The number of halogens is 1. The third-order valence-corrected chi connectivity index (χ3v) is 6.51. The molecule has 0 radical (unpaired) electrons. The SMILES string of the molecule is CC1CN(S(=O)(=O)CCNC(=O)CSc2ccccc2F)CC(C)O1. The van der Waals surface area contributed by atoms with Crippen LogP contribution in [-0.4, -0.2) is 62.0 Å². The molecule has 1 N–H and O–H groups in total. The van der Waals surface area contributed by atoms with Gasteiger partial charge in [-0.1, -0.05) is 12.1 Å². The summed E-state index contributed by atoms with van der Waals surface area (Å²) >= 11 is 1.08. The monoisotopic (exact) mass is 390 g/mol. The lowest BCUT2D eigenvalue weighted by molar-refractivity contribution is -0.118. The van der Waals surface area contributed by atoms with Crippen LogP contribution in [0.5, 0.6) is 0 Å². The van der Waals surface area contributed by atoms with Gasteiger partial charge in [0.1, 0.15) is 5.82 Å². The number of hydrogen-bond donors (Lipinski definition) is 1. The molecule has 25 heavy (non-hydrogen) atoms. The highest BCUT2D eigenvalue weighted by molar-refractivity contribution is 8.00. The molecule has 1 aromatic carbocycles. The maximum Gasteiger partial charge on any atom is 0.230 e. The fraction of sp³-hybridized carbons (Fsp3) is 0.562. The number of nitrogens with one attached hydrogen (secondary N) is 1. The van der Waals surface area contributed by atoms with Crippen molar-refractivity contribution in [2.24, 2.45) is 0 Å². The molecule has 1 saturated heterocycles. The highest BCUT2D eigenvalue weighted by Gasteiger charge is 2.30. The van der Waals surface area contributed by atoms with Gasteiger partial charge < -0.3 is 10.1 Å². The summed E-state index contributed by atoms with van der Waals surface area (Å²) < 4.78 is 45.1. The fourth-order valence-corrected chi connectivity index (χ4v) is 4.82. The molecular formula is C16H23FN2O4S2. The van der Waals surface area contributed by atoms with Gasteiger partial charge in [-0.15, -0.1) is 11.8 Å². The van der Waals surface area contributed by atoms with E-state index >= 15 is 0 Å². The zero-order chi connectivity index (χ0) is 18.4. The Morgan fingerprint density at radius 2 is 1.96 bits per heavy atom. The Kier molecular flexibility index (Phi) is 7.24. The number of amides is 1. The maximum absolute atomic E-state index is 13.5. The molecule has 0 aliphatic carbocycles. The van der Waals surface area contributed by atoms with Gasteiger partial charge in [-0.2, -0.15) is 4.31 Å². The molecule has 0 aromatic heterocycles. The lowest BCUT2D eigenvalue weighted by atomic mass is 10.3. The first-order chi connectivity index (χ1) is 11.8. The average molecular weight is 391 g/mol. The van der Waals surface area contributed by atoms with E-state index < -0.39 is 10.0 Å². The van der Waals surface area contributed by atoms with Crippen molar-refractivity contribution in [3.8, 4) is 0 Å². The molecule has 2 unspecified atom stereocenters. The minimum absolute atomic E-state index is 0.0269. The first kappa shape index (κ1) is 20.2. The van der Waals surface area contributed by atoms with Crippen molar-refractivity contribution in [1.29, 1.82) is 0 Å². The number of morpholine rings is 1. The van der Waals surface area contributed by atoms with Crippen molar-refractivity contribution in [2.45, 2.75) is 31.0 Å². The van der Waals surface area contributed by atoms with Gasteiger partial charge >= 0.3 is 0 Å². The van der Waals surface area contributed by atoms with E-state index in [-0.39, 0.29) is 42.0 Å². The standard InChI is InChI=1S/C16H23FN2O4S2/c1-12-9-19(10-13(2)23-12)25(21,22)8-7-18-16(20)11-24-15-6-4-3-5-14(15)17/h3-6,12-13H,7-11H2,1-2H3,(H,18,20). The molecular weight excluding hydrogens is 367 g/mol. The number of sulfonamides is 1. The fourth-order valence-electron chi connectivity index (χ4n) is 2.56. The highest BCUT2D eigenvalue weighted by atomic mass is 32.2. The summed E-state index contributed by atoms with van der Waals surface area (Å²) in [4.78, 5) is 12.2. The van der Waals surface area contributed by atoms with Crippen molar-refractivity contribution >= 4 is 27.7 Å². The summed E-state index contributed by atoms with van der Waals surface area (Å²) in [5.41, 5.74) is 0. The Hall–Kier alpha value is -1.16. The average Bonchev–Trinajstić information content (AvgIpc) is 2.53. The number of thioether (sulfide) groups is 1. The van der Waals surface area contributed by atoms with E-state index in [0.717, 1.165) is 11.8 Å². The Morgan fingerprint density at radius 3 is 2.60 bits per heavy atom. The van der Waals surface area contributed by atoms with Crippen molar-refractivity contribution < 1.29 is 22.3 Å². The van der Waals surface area contributed by atoms with Crippen molar-refractivity contribution in [3.63, 3.8) is 0 Å². The normalized spacial score (nSPS) is 21.9. The van der Waals surface area contributed by atoms with E-state index in [9.17, 15) is 17.6 Å². The van der Waals surface area contributed by atoms with Gasteiger partial charge in [-0.05, 0) is 26.0 Å². The number of hydrogen-bond acceptors (Lipinski definition) is 5. The molecule has 140 valence electrons. The van der Waals surface area contributed by atoms with Crippen LogP contribution in [0.4, 0.5) is 4.39 Å². The molecule has 2 atom stereocenters. The maximum atomic E-state index is 13.5. The third kappa shape index (κ3) is 6.25. The molecule has 0 bridgehead atoms. The van der Waals surface area contributed by atoms with Gasteiger partial charge in [0, 0.05) is 24.5 Å². The zero-order valence-corrected chi connectivity index (χ0v) is 15.9. The summed E-state index contributed by atoms with van der Waals surface area (Å²) in [6.45, 7) is 4.34. The third-order valence-electron chi connectivity index (χ3n) is 3.66. The quantitative estimate of drug-likeness (QED) is 0.714. The van der Waals surface area contributed by atoms with E-state index in [1.54, 1.807) is 18.2 Å². The summed E-state index contributed by atoms with van der Waals surface area (Å²) in [6, 6.07) is 6.20. The van der Waals surface area contributed by atoms with Crippen LogP contribution < -0.4 is 5.32 Å². The van der Waals surface area contributed by atoms with E-state index in [4.69, 9.17) is 4.74 Å². The molecule has 9 heteroatoms. The molecule has 1 fully saturated rings. The minimum atomic E-state index is -3.45. The van der Waals surface area contributed by atoms with E-state index in [1.165, 1.54) is 10.4 Å². The summed E-state index contributed by atoms with van der Waals surface area (Å²) in [5.74, 6) is -0.833. The molecule has 1 aliphatic rings. The first-order valence-corrected chi connectivity index (χ1v) is 10.6. The van der Waals surface area contributed by atoms with E-state index in [1.807, 2.05) is 13.8 Å². The second-order valence-electron chi connectivity index (χ2n) is 5.96. The number of rotatable bonds is 7. The van der Waals surface area contributed by atoms with Crippen LogP contribution >= 0.6 is 11.8 Å². The lowest BCUT2D eigenvalue weighted by Gasteiger charge is -2.34.